The van der Waals surface area contributed by atoms with Crippen LogP contribution in [-0.4, -0.2) is 15.8 Å². The Morgan fingerprint density at radius 3 is 2.63 bits per heavy atom. The lowest BCUT2D eigenvalue weighted by Gasteiger charge is -1.97. The number of hydrogen-bond acceptors (Lipinski definition) is 5. The number of aromatic nitrogens is 1. The van der Waals surface area contributed by atoms with Gasteiger partial charge >= 0.3 is 0 Å². The second-order valence-electron chi connectivity index (χ2n) is 5.82. The molecule has 0 saturated heterocycles. The molecular weight excluding hydrogens is 362 g/mol. The van der Waals surface area contributed by atoms with Crippen LogP contribution in [0.25, 0.3) is 27.1 Å². The van der Waals surface area contributed by atoms with Crippen LogP contribution in [0.15, 0.2) is 66.7 Å². The highest BCUT2D eigenvalue weighted by Gasteiger charge is 2.09. The molecule has 1 heterocycles. The quantitative estimate of drug-likeness (QED) is 0.309. The number of rotatable bonds is 4. The molecule has 0 atom stereocenters. The van der Waals surface area contributed by atoms with E-state index in [-0.39, 0.29) is 11.6 Å². The summed E-state index contributed by atoms with van der Waals surface area (Å²) in [6.45, 7) is 0. The number of hydrogen-bond donors (Lipinski definition) is 1. The van der Waals surface area contributed by atoms with Crippen LogP contribution in [0.1, 0.15) is 5.56 Å². The fourth-order valence-electron chi connectivity index (χ4n) is 2.74. The molecule has 7 heteroatoms. The first kappa shape index (κ1) is 16.9. The normalized spacial score (nSPS) is 11.3. The second kappa shape index (κ2) is 6.97. The lowest BCUT2D eigenvalue weighted by atomic mass is 10.1. The number of nitro benzene ring substituents is 1. The molecular formula is C20H13N3O3S. The zero-order chi connectivity index (χ0) is 18.8. The Bertz CT molecular complexity index is 1200. The molecule has 0 aliphatic rings. The van der Waals surface area contributed by atoms with Gasteiger partial charge in [0, 0.05) is 23.6 Å². The number of nitro groups is 1. The fourth-order valence-corrected chi connectivity index (χ4v) is 3.63. The molecule has 3 aromatic carbocycles. The molecule has 1 N–H and O–H groups in total. The van der Waals surface area contributed by atoms with Crippen molar-refractivity contribution < 1.29 is 9.72 Å². The first-order valence-corrected chi connectivity index (χ1v) is 8.93. The predicted molar refractivity (Wildman–Crippen MR) is 108 cm³/mol. The molecule has 0 radical (unpaired) electrons. The maximum absolute atomic E-state index is 12.2. The van der Waals surface area contributed by atoms with Crippen molar-refractivity contribution in [3.8, 4) is 0 Å². The zero-order valence-corrected chi connectivity index (χ0v) is 14.8. The molecule has 1 amide bonds. The van der Waals surface area contributed by atoms with Crippen molar-refractivity contribution in [1.82, 2.24) is 4.98 Å². The highest BCUT2D eigenvalue weighted by atomic mass is 32.1. The number of carbonyl (C=O) groups is 1. The number of amides is 1. The topological polar surface area (TPSA) is 85.1 Å². The molecule has 0 saturated carbocycles. The molecule has 4 rings (SSSR count). The molecule has 0 aliphatic carbocycles. The van der Waals surface area contributed by atoms with E-state index in [1.54, 1.807) is 18.2 Å². The van der Waals surface area contributed by atoms with E-state index >= 15 is 0 Å². The third-order valence-corrected chi connectivity index (χ3v) is 4.98. The Labute approximate surface area is 157 Å². The van der Waals surface area contributed by atoms with Crippen molar-refractivity contribution >= 4 is 55.1 Å². The van der Waals surface area contributed by atoms with Gasteiger partial charge in [-0.25, -0.2) is 4.98 Å². The molecule has 0 spiro atoms. The summed E-state index contributed by atoms with van der Waals surface area (Å²) >= 11 is 1.42. The van der Waals surface area contributed by atoms with Crippen LogP contribution in [0.3, 0.4) is 0 Å². The number of non-ortho nitro benzene ring substituents is 1. The molecule has 0 unspecified atom stereocenters. The lowest BCUT2D eigenvalue weighted by Crippen LogP contribution is -2.07. The molecule has 4 aromatic rings. The summed E-state index contributed by atoms with van der Waals surface area (Å²) in [7, 11) is 0. The minimum absolute atomic E-state index is 0.0123. The van der Waals surface area contributed by atoms with Crippen LogP contribution in [0.5, 0.6) is 0 Å². The number of fused-ring (bicyclic) bond motifs is 3. The minimum atomic E-state index is -0.461. The first-order chi connectivity index (χ1) is 13.1. The third-order valence-electron chi connectivity index (χ3n) is 4.04. The Morgan fingerprint density at radius 2 is 1.85 bits per heavy atom. The summed E-state index contributed by atoms with van der Waals surface area (Å²) in [4.78, 5) is 26.9. The van der Waals surface area contributed by atoms with Crippen LogP contribution in [0.2, 0.25) is 0 Å². The van der Waals surface area contributed by atoms with Crippen molar-refractivity contribution in [2.24, 2.45) is 0 Å². The van der Waals surface area contributed by atoms with Crippen molar-refractivity contribution in [3.63, 3.8) is 0 Å². The number of nitrogens with one attached hydrogen (secondary N) is 1. The van der Waals surface area contributed by atoms with Gasteiger partial charge in [-0.1, -0.05) is 41.7 Å². The summed E-state index contributed by atoms with van der Waals surface area (Å²) in [5.74, 6) is -0.309. The first-order valence-electron chi connectivity index (χ1n) is 8.12. The van der Waals surface area contributed by atoms with Gasteiger partial charge in [-0.3, -0.25) is 20.2 Å². The van der Waals surface area contributed by atoms with Gasteiger partial charge in [0.2, 0.25) is 5.91 Å². The van der Waals surface area contributed by atoms with Gasteiger partial charge in [-0.15, -0.1) is 0 Å². The number of carbonyl (C=O) groups excluding carboxylic acids is 1. The fraction of sp³-hybridized carbons (Fsp3) is 0. The van der Waals surface area contributed by atoms with Crippen LogP contribution >= 0.6 is 11.3 Å². The van der Waals surface area contributed by atoms with E-state index in [2.05, 4.69) is 10.3 Å². The molecule has 0 aliphatic heterocycles. The van der Waals surface area contributed by atoms with Crippen LogP contribution in [-0.2, 0) is 4.79 Å². The largest absolute Gasteiger partial charge is 0.298 e. The van der Waals surface area contributed by atoms with Gasteiger partial charge in [0.05, 0.1) is 15.1 Å². The van der Waals surface area contributed by atoms with E-state index in [4.69, 9.17) is 0 Å². The summed E-state index contributed by atoms with van der Waals surface area (Å²) in [6, 6.07) is 18.0. The average Bonchev–Trinajstić information content (AvgIpc) is 3.09. The lowest BCUT2D eigenvalue weighted by molar-refractivity contribution is -0.384. The SMILES string of the molecule is O=C(C=Cc1ccc([N+](=O)[O-])cc1)Nc1nc2c(ccc3ccccc32)s1. The highest BCUT2D eigenvalue weighted by Crippen LogP contribution is 2.31. The Hall–Kier alpha value is -3.58. The van der Waals surface area contributed by atoms with Crippen molar-refractivity contribution in [3.05, 3.63) is 82.4 Å². The maximum Gasteiger partial charge on any atom is 0.269 e. The summed E-state index contributed by atoms with van der Waals surface area (Å²) in [5.41, 5.74) is 1.58. The third kappa shape index (κ3) is 3.54. The van der Waals surface area contributed by atoms with Crippen molar-refractivity contribution in [2.45, 2.75) is 0 Å². The van der Waals surface area contributed by atoms with Gasteiger partial charge in [0.25, 0.3) is 5.69 Å². The standard InChI is InChI=1S/C20H13N3O3S/c24-18(12-7-13-5-9-15(10-6-13)23(25)26)21-20-22-19-16-4-2-1-3-14(16)8-11-17(19)27-20/h1-12H,(H,21,22,24). The maximum atomic E-state index is 12.2. The van der Waals surface area contributed by atoms with E-state index in [1.807, 2.05) is 36.4 Å². The van der Waals surface area contributed by atoms with Gasteiger partial charge in [-0.05, 0) is 35.2 Å². The van der Waals surface area contributed by atoms with Crippen LogP contribution < -0.4 is 5.32 Å². The molecule has 0 fully saturated rings. The van der Waals surface area contributed by atoms with E-state index in [9.17, 15) is 14.9 Å². The van der Waals surface area contributed by atoms with E-state index in [1.165, 1.54) is 29.5 Å². The predicted octanol–water partition coefficient (Wildman–Crippen LogP) is 5.01. The number of thiazole rings is 1. The van der Waals surface area contributed by atoms with E-state index in [0.29, 0.717) is 10.7 Å². The smallest absolute Gasteiger partial charge is 0.269 e. The Balaban J connectivity index is 1.52. The molecule has 27 heavy (non-hydrogen) atoms. The number of benzene rings is 3. The summed E-state index contributed by atoms with van der Waals surface area (Å²) in [6.07, 6.45) is 2.98. The van der Waals surface area contributed by atoms with Crippen molar-refractivity contribution in [1.29, 1.82) is 0 Å². The van der Waals surface area contributed by atoms with Gasteiger partial charge < -0.3 is 0 Å². The van der Waals surface area contributed by atoms with Crippen LogP contribution in [0, 0.1) is 10.1 Å². The molecule has 1 aromatic heterocycles. The van der Waals surface area contributed by atoms with Gasteiger partial charge in [0.15, 0.2) is 5.13 Å². The second-order valence-corrected chi connectivity index (χ2v) is 6.85. The van der Waals surface area contributed by atoms with E-state index < -0.39 is 4.92 Å². The van der Waals surface area contributed by atoms with Gasteiger partial charge in [-0.2, -0.15) is 0 Å². The summed E-state index contributed by atoms with van der Waals surface area (Å²) < 4.78 is 1.00. The zero-order valence-electron chi connectivity index (χ0n) is 14.0. The molecule has 6 nitrogen and oxygen atoms in total. The minimum Gasteiger partial charge on any atom is -0.298 e. The number of nitrogens with zero attached hydrogens (tertiary/aromatic N) is 2. The Morgan fingerprint density at radius 1 is 1.07 bits per heavy atom. The van der Waals surface area contributed by atoms with Crippen molar-refractivity contribution in [2.75, 3.05) is 5.32 Å². The van der Waals surface area contributed by atoms with E-state index in [0.717, 1.165) is 21.0 Å². The van der Waals surface area contributed by atoms with Crippen LogP contribution in [0.4, 0.5) is 10.8 Å². The summed E-state index contributed by atoms with van der Waals surface area (Å²) in [5, 5.41) is 16.1. The van der Waals surface area contributed by atoms with Gasteiger partial charge in [0.1, 0.15) is 0 Å². The number of anilines is 1. The molecule has 0 bridgehead atoms. The highest BCUT2D eigenvalue weighted by molar-refractivity contribution is 7.22. The molecule has 132 valence electrons. The monoisotopic (exact) mass is 375 g/mol. The Kier molecular flexibility index (Phi) is 4.35. The average molecular weight is 375 g/mol.